The van der Waals surface area contributed by atoms with E-state index in [-0.39, 0.29) is 36.5 Å². The Morgan fingerprint density at radius 2 is 1.80 bits per heavy atom. The zero-order valence-electron chi connectivity index (χ0n) is 22.6. The van der Waals surface area contributed by atoms with Crippen LogP contribution in [0.4, 0.5) is 17.6 Å². The summed E-state index contributed by atoms with van der Waals surface area (Å²) in [6.45, 7) is 5.31. The van der Waals surface area contributed by atoms with Crippen molar-refractivity contribution >= 4 is 29.4 Å². The van der Waals surface area contributed by atoms with Gasteiger partial charge in [0.2, 0.25) is 5.91 Å². The van der Waals surface area contributed by atoms with Crippen molar-refractivity contribution in [2.24, 2.45) is 5.73 Å². The van der Waals surface area contributed by atoms with E-state index in [1.807, 2.05) is 6.92 Å². The molecule has 0 radical (unpaired) electrons. The van der Waals surface area contributed by atoms with Gasteiger partial charge in [-0.2, -0.15) is 0 Å². The Morgan fingerprint density at radius 3 is 2.48 bits per heavy atom. The Morgan fingerprint density at radius 1 is 1.10 bits per heavy atom. The van der Waals surface area contributed by atoms with Crippen molar-refractivity contribution in [3.8, 4) is 5.75 Å². The maximum Gasteiger partial charge on any atom is 0.253 e. The van der Waals surface area contributed by atoms with Crippen molar-refractivity contribution in [3.05, 3.63) is 64.7 Å². The lowest BCUT2D eigenvalue weighted by Gasteiger charge is -2.25. The van der Waals surface area contributed by atoms with E-state index in [2.05, 4.69) is 5.32 Å². The summed E-state index contributed by atoms with van der Waals surface area (Å²) in [7, 11) is 0. The van der Waals surface area contributed by atoms with Gasteiger partial charge in [-0.25, -0.2) is 17.6 Å². The van der Waals surface area contributed by atoms with Crippen LogP contribution in [0.5, 0.6) is 5.75 Å². The summed E-state index contributed by atoms with van der Waals surface area (Å²) in [5.41, 5.74) is 5.10. The molecule has 1 saturated heterocycles. The number of hydrogen-bond donors (Lipinski definition) is 2. The molecule has 1 heterocycles. The second-order valence-electron chi connectivity index (χ2n) is 10.1. The van der Waals surface area contributed by atoms with Crippen molar-refractivity contribution in [2.45, 2.75) is 70.0 Å². The van der Waals surface area contributed by atoms with E-state index in [9.17, 15) is 31.9 Å². The third kappa shape index (κ3) is 7.97. The zero-order chi connectivity index (χ0) is 29.6. The molecule has 1 fully saturated rings. The smallest absolute Gasteiger partial charge is 0.253 e. The topological polar surface area (TPSA) is 102 Å². The highest BCUT2D eigenvalue weighted by molar-refractivity contribution is 8.00. The molecule has 7 nitrogen and oxygen atoms in total. The molecule has 2 unspecified atom stereocenters. The second kappa shape index (κ2) is 13.5. The van der Waals surface area contributed by atoms with Crippen LogP contribution in [0.25, 0.3) is 0 Å². The van der Waals surface area contributed by atoms with Gasteiger partial charge in [-0.15, -0.1) is 11.8 Å². The summed E-state index contributed by atoms with van der Waals surface area (Å²) >= 11 is 1.25. The SMILES string of the molecule is CCCC(=O)C(C)(C)Oc1ccc(CNC(=O)C2SCCN2C(=O)CC(N)Cc2cc(F)c(F)cc2F)cc1F. The molecule has 2 atom stereocenters. The predicted molar refractivity (Wildman–Crippen MR) is 143 cm³/mol. The van der Waals surface area contributed by atoms with Gasteiger partial charge in [0.05, 0.1) is 0 Å². The number of nitrogens with zero attached hydrogens (tertiary/aromatic N) is 1. The summed E-state index contributed by atoms with van der Waals surface area (Å²) < 4.78 is 60.9. The summed E-state index contributed by atoms with van der Waals surface area (Å²) in [4.78, 5) is 39.3. The van der Waals surface area contributed by atoms with Crippen LogP contribution in [0.2, 0.25) is 0 Å². The van der Waals surface area contributed by atoms with E-state index in [0.29, 0.717) is 42.8 Å². The minimum atomic E-state index is -1.32. The number of carbonyl (C=O) groups excluding carboxylic acids is 3. The molecule has 0 saturated carbocycles. The first-order chi connectivity index (χ1) is 18.8. The molecule has 0 bridgehead atoms. The summed E-state index contributed by atoms with van der Waals surface area (Å²) in [6.07, 6.45) is 0.545. The molecular formula is C28H33F4N3O4S. The van der Waals surface area contributed by atoms with E-state index < -0.39 is 52.1 Å². The Hall–Kier alpha value is -3.12. The monoisotopic (exact) mass is 583 g/mol. The fourth-order valence-corrected chi connectivity index (χ4v) is 5.40. The van der Waals surface area contributed by atoms with Gasteiger partial charge in [0.25, 0.3) is 5.91 Å². The average Bonchev–Trinajstić information content (AvgIpc) is 3.38. The van der Waals surface area contributed by atoms with E-state index in [0.717, 1.165) is 0 Å². The van der Waals surface area contributed by atoms with Crippen molar-refractivity contribution in [1.29, 1.82) is 0 Å². The highest BCUT2D eigenvalue weighted by atomic mass is 32.2. The molecule has 12 heteroatoms. The minimum absolute atomic E-state index is 0.0117. The number of nitrogens with two attached hydrogens (primary N) is 1. The van der Waals surface area contributed by atoms with Gasteiger partial charge in [-0.1, -0.05) is 13.0 Å². The molecular weight excluding hydrogens is 550 g/mol. The number of ether oxygens (including phenoxy) is 1. The number of ketones is 1. The molecule has 2 amide bonds. The van der Waals surface area contributed by atoms with Crippen LogP contribution >= 0.6 is 11.8 Å². The number of benzene rings is 2. The average molecular weight is 584 g/mol. The second-order valence-corrected chi connectivity index (χ2v) is 11.3. The molecule has 3 rings (SSSR count). The first-order valence-corrected chi connectivity index (χ1v) is 14.0. The molecule has 40 heavy (non-hydrogen) atoms. The molecule has 2 aromatic carbocycles. The van der Waals surface area contributed by atoms with Crippen LogP contribution in [0.3, 0.4) is 0 Å². The van der Waals surface area contributed by atoms with Gasteiger partial charge in [0.15, 0.2) is 40.0 Å². The van der Waals surface area contributed by atoms with Gasteiger partial charge >= 0.3 is 0 Å². The largest absolute Gasteiger partial charge is 0.477 e. The van der Waals surface area contributed by atoms with Crippen molar-refractivity contribution in [2.75, 3.05) is 12.3 Å². The molecule has 3 N–H and O–H groups in total. The van der Waals surface area contributed by atoms with Crippen molar-refractivity contribution < 1.29 is 36.7 Å². The lowest BCUT2D eigenvalue weighted by Crippen LogP contribution is -2.46. The van der Waals surface area contributed by atoms with Crippen LogP contribution in [0.15, 0.2) is 30.3 Å². The van der Waals surface area contributed by atoms with Gasteiger partial charge in [0, 0.05) is 43.8 Å². The Bertz CT molecular complexity index is 1260. The van der Waals surface area contributed by atoms with Gasteiger partial charge in [0.1, 0.15) is 5.82 Å². The van der Waals surface area contributed by atoms with E-state index in [4.69, 9.17) is 10.5 Å². The van der Waals surface area contributed by atoms with E-state index in [1.165, 1.54) is 28.8 Å². The molecule has 1 aliphatic heterocycles. The van der Waals surface area contributed by atoms with Gasteiger partial charge < -0.3 is 20.7 Å². The number of rotatable bonds is 12. The van der Waals surface area contributed by atoms with Crippen LogP contribution < -0.4 is 15.8 Å². The lowest BCUT2D eigenvalue weighted by molar-refractivity contribution is -0.136. The quantitative estimate of drug-likeness (QED) is 0.286. The van der Waals surface area contributed by atoms with Crippen molar-refractivity contribution in [3.63, 3.8) is 0 Å². The number of halogens is 4. The highest BCUT2D eigenvalue weighted by Gasteiger charge is 2.35. The number of amides is 2. The Labute approximate surface area is 234 Å². The van der Waals surface area contributed by atoms with Crippen LogP contribution in [-0.2, 0) is 27.3 Å². The number of Topliss-reactive ketones (excluding diaryl/α,β-unsaturated/α-hetero) is 1. The maximum atomic E-state index is 14.7. The standard InChI is InChI=1S/C28H33F4N3O4S/c1-4-5-24(36)28(2,3)39-23-7-6-16(10-22(23)32)15-34-26(38)27-35(8-9-40-27)25(37)13-18(33)11-17-12-20(30)21(31)14-19(17)29/h6-7,10,12,14,18,27H,4-5,8-9,11,13,15,33H2,1-3H3,(H,34,38). The lowest BCUT2D eigenvalue weighted by atomic mass is 9.99. The summed E-state index contributed by atoms with van der Waals surface area (Å²) in [5, 5.41) is 1.86. The van der Waals surface area contributed by atoms with Crippen molar-refractivity contribution in [1.82, 2.24) is 10.2 Å². The van der Waals surface area contributed by atoms with Crippen LogP contribution in [0, 0.1) is 23.3 Å². The molecule has 2 aromatic rings. The molecule has 1 aliphatic rings. The number of thioether (sulfide) groups is 1. The predicted octanol–water partition coefficient (Wildman–Crippen LogP) is 4.25. The summed E-state index contributed by atoms with van der Waals surface area (Å²) in [5.74, 6) is -4.77. The maximum absolute atomic E-state index is 14.7. The Kier molecular flexibility index (Phi) is 10.6. The first-order valence-electron chi connectivity index (χ1n) is 12.9. The first kappa shape index (κ1) is 31.4. The third-order valence-corrected chi connectivity index (χ3v) is 7.62. The van der Waals surface area contributed by atoms with Crippen LogP contribution in [0.1, 0.15) is 51.2 Å². The fourth-order valence-electron chi connectivity index (χ4n) is 4.23. The molecule has 0 aromatic heterocycles. The van der Waals surface area contributed by atoms with Crippen LogP contribution in [-0.4, -0.2) is 51.8 Å². The Balaban J connectivity index is 1.55. The number of hydrogen-bond acceptors (Lipinski definition) is 6. The highest BCUT2D eigenvalue weighted by Crippen LogP contribution is 2.27. The summed E-state index contributed by atoms with van der Waals surface area (Å²) in [6, 6.07) is 4.43. The molecule has 218 valence electrons. The molecule has 0 aliphatic carbocycles. The van der Waals surface area contributed by atoms with Gasteiger partial charge in [-0.3, -0.25) is 14.4 Å². The fraction of sp³-hybridized carbons (Fsp3) is 0.464. The minimum Gasteiger partial charge on any atom is -0.477 e. The molecule has 0 spiro atoms. The van der Waals surface area contributed by atoms with Gasteiger partial charge in [-0.05, 0) is 56.0 Å². The number of nitrogens with one attached hydrogen (secondary N) is 1. The van der Waals surface area contributed by atoms with E-state index >= 15 is 0 Å². The number of carbonyl (C=O) groups is 3. The normalized spacial score (nSPS) is 16.1. The zero-order valence-corrected chi connectivity index (χ0v) is 23.4. The third-order valence-electron chi connectivity index (χ3n) is 6.42. The van der Waals surface area contributed by atoms with E-state index in [1.54, 1.807) is 19.9 Å².